The van der Waals surface area contributed by atoms with Gasteiger partial charge in [-0.1, -0.05) is 12.5 Å². The molecule has 1 saturated carbocycles. The highest BCUT2D eigenvalue weighted by atomic mass is 19.1. The summed E-state index contributed by atoms with van der Waals surface area (Å²) >= 11 is 0. The van der Waals surface area contributed by atoms with Gasteiger partial charge in [0, 0.05) is 12.6 Å². The Balaban J connectivity index is 1.91. The maximum atomic E-state index is 12.9. The number of rotatable bonds is 3. The Morgan fingerprint density at radius 1 is 1.43 bits per heavy atom. The monoisotopic (exact) mass is 195 g/mol. The van der Waals surface area contributed by atoms with Gasteiger partial charge in [-0.3, -0.25) is 0 Å². The van der Waals surface area contributed by atoms with Crippen LogP contribution in [-0.2, 0) is 6.54 Å². The second kappa shape index (κ2) is 3.96. The highest BCUT2D eigenvalue weighted by molar-refractivity contribution is 5.27. The molecule has 1 aliphatic rings. The van der Waals surface area contributed by atoms with E-state index < -0.39 is 5.82 Å². The number of aromatic hydroxyl groups is 1. The molecule has 14 heavy (non-hydrogen) atoms. The van der Waals surface area contributed by atoms with Crippen molar-refractivity contribution in [2.24, 2.45) is 0 Å². The smallest absolute Gasteiger partial charge is 0.165 e. The maximum absolute atomic E-state index is 12.9. The van der Waals surface area contributed by atoms with Crippen molar-refractivity contribution in [3.63, 3.8) is 0 Å². The molecule has 0 aromatic heterocycles. The SMILES string of the molecule is Oc1ccc(CNC2CCC2)cc1F. The summed E-state index contributed by atoms with van der Waals surface area (Å²) < 4.78 is 12.9. The molecule has 3 heteroatoms. The third kappa shape index (κ3) is 2.04. The fourth-order valence-electron chi connectivity index (χ4n) is 1.53. The zero-order valence-corrected chi connectivity index (χ0v) is 7.96. The average Bonchev–Trinajstić information content (AvgIpc) is 2.08. The highest BCUT2D eigenvalue weighted by Crippen LogP contribution is 2.20. The molecule has 0 atom stereocenters. The Bertz CT molecular complexity index is 323. The van der Waals surface area contributed by atoms with E-state index in [0.29, 0.717) is 12.6 Å². The van der Waals surface area contributed by atoms with Gasteiger partial charge in [-0.05, 0) is 30.5 Å². The molecule has 1 fully saturated rings. The molecule has 0 unspecified atom stereocenters. The quantitative estimate of drug-likeness (QED) is 0.774. The number of phenolic OH excluding ortho intramolecular Hbond substituents is 1. The molecule has 0 heterocycles. The van der Waals surface area contributed by atoms with Crippen LogP contribution in [0.25, 0.3) is 0 Å². The van der Waals surface area contributed by atoms with E-state index in [9.17, 15) is 4.39 Å². The molecular formula is C11H14FNO. The largest absolute Gasteiger partial charge is 0.505 e. The van der Waals surface area contributed by atoms with Crippen molar-refractivity contribution >= 4 is 0 Å². The molecule has 2 N–H and O–H groups in total. The molecule has 0 radical (unpaired) electrons. The first-order chi connectivity index (χ1) is 6.75. The third-order valence-electron chi connectivity index (χ3n) is 2.71. The van der Waals surface area contributed by atoms with Gasteiger partial charge in [-0.2, -0.15) is 0 Å². The van der Waals surface area contributed by atoms with Gasteiger partial charge in [0.1, 0.15) is 0 Å². The van der Waals surface area contributed by atoms with Crippen LogP contribution in [0.2, 0.25) is 0 Å². The van der Waals surface area contributed by atoms with E-state index in [-0.39, 0.29) is 5.75 Å². The van der Waals surface area contributed by atoms with Gasteiger partial charge in [0.2, 0.25) is 0 Å². The lowest BCUT2D eigenvalue weighted by molar-refractivity contribution is 0.338. The van der Waals surface area contributed by atoms with Crippen molar-refractivity contribution in [3.05, 3.63) is 29.6 Å². The van der Waals surface area contributed by atoms with Gasteiger partial charge < -0.3 is 10.4 Å². The lowest BCUT2D eigenvalue weighted by Gasteiger charge is -2.26. The molecule has 2 nitrogen and oxygen atoms in total. The first-order valence-corrected chi connectivity index (χ1v) is 4.96. The summed E-state index contributed by atoms with van der Waals surface area (Å²) in [5.74, 6) is -0.824. The van der Waals surface area contributed by atoms with Gasteiger partial charge in [-0.25, -0.2) is 4.39 Å². The van der Waals surface area contributed by atoms with Gasteiger partial charge in [-0.15, -0.1) is 0 Å². The van der Waals surface area contributed by atoms with E-state index in [1.807, 2.05) is 0 Å². The molecule has 0 amide bonds. The summed E-state index contributed by atoms with van der Waals surface area (Å²) in [7, 11) is 0. The van der Waals surface area contributed by atoms with E-state index in [1.165, 1.54) is 31.4 Å². The predicted molar refractivity (Wildman–Crippen MR) is 52.5 cm³/mol. The summed E-state index contributed by atoms with van der Waals surface area (Å²) in [6.07, 6.45) is 3.74. The topological polar surface area (TPSA) is 32.3 Å². The van der Waals surface area contributed by atoms with Crippen molar-refractivity contribution < 1.29 is 9.50 Å². The van der Waals surface area contributed by atoms with Crippen molar-refractivity contribution in [2.45, 2.75) is 31.8 Å². The molecule has 0 spiro atoms. The van der Waals surface area contributed by atoms with Crippen LogP contribution in [0.4, 0.5) is 4.39 Å². The first-order valence-electron chi connectivity index (χ1n) is 4.96. The van der Waals surface area contributed by atoms with Gasteiger partial charge in [0.25, 0.3) is 0 Å². The summed E-state index contributed by atoms with van der Waals surface area (Å²) in [5.41, 5.74) is 0.882. The van der Waals surface area contributed by atoms with E-state index >= 15 is 0 Å². The number of halogens is 1. The van der Waals surface area contributed by atoms with Crippen molar-refractivity contribution in [2.75, 3.05) is 0 Å². The predicted octanol–water partition coefficient (Wildman–Crippen LogP) is 2.17. The first kappa shape index (κ1) is 9.46. The van der Waals surface area contributed by atoms with E-state index in [1.54, 1.807) is 6.07 Å². The zero-order valence-electron chi connectivity index (χ0n) is 7.96. The molecule has 1 aromatic carbocycles. The molecular weight excluding hydrogens is 181 g/mol. The molecule has 1 aliphatic carbocycles. The molecule has 0 saturated heterocycles. The Kier molecular flexibility index (Phi) is 2.68. The number of hydrogen-bond donors (Lipinski definition) is 2. The molecule has 2 rings (SSSR count). The van der Waals surface area contributed by atoms with Crippen LogP contribution < -0.4 is 5.32 Å². The Labute approximate surface area is 82.8 Å². The Morgan fingerprint density at radius 2 is 2.21 bits per heavy atom. The van der Waals surface area contributed by atoms with Crippen LogP contribution in [0.15, 0.2) is 18.2 Å². The van der Waals surface area contributed by atoms with Gasteiger partial charge in [0.05, 0.1) is 0 Å². The lowest BCUT2D eigenvalue weighted by Crippen LogP contribution is -2.34. The second-order valence-corrected chi connectivity index (χ2v) is 3.79. The number of nitrogens with one attached hydrogen (secondary N) is 1. The Morgan fingerprint density at radius 3 is 2.79 bits per heavy atom. The van der Waals surface area contributed by atoms with Gasteiger partial charge in [0.15, 0.2) is 11.6 Å². The minimum Gasteiger partial charge on any atom is -0.505 e. The summed E-state index contributed by atoms with van der Waals surface area (Å²) in [6.45, 7) is 0.682. The van der Waals surface area contributed by atoms with Crippen molar-refractivity contribution in [1.29, 1.82) is 0 Å². The van der Waals surface area contributed by atoms with Crippen LogP contribution >= 0.6 is 0 Å². The fraction of sp³-hybridized carbons (Fsp3) is 0.455. The van der Waals surface area contributed by atoms with E-state index in [0.717, 1.165) is 5.56 Å². The highest BCUT2D eigenvalue weighted by Gasteiger charge is 2.16. The van der Waals surface area contributed by atoms with Crippen molar-refractivity contribution in [3.8, 4) is 5.75 Å². The average molecular weight is 195 g/mol. The van der Waals surface area contributed by atoms with Crippen LogP contribution in [0, 0.1) is 5.82 Å². The minimum absolute atomic E-state index is 0.280. The maximum Gasteiger partial charge on any atom is 0.165 e. The molecule has 0 bridgehead atoms. The molecule has 76 valence electrons. The lowest BCUT2D eigenvalue weighted by atomic mass is 9.93. The van der Waals surface area contributed by atoms with Crippen LogP contribution in [0.1, 0.15) is 24.8 Å². The standard InChI is InChI=1S/C11H14FNO/c12-10-6-8(4-5-11(10)14)7-13-9-2-1-3-9/h4-6,9,13-14H,1-3,7H2. The van der Waals surface area contributed by atoms with Gasteiger partial charge >= 0.3 is 0 Å². The molecule has 1 aromatic rings. The summed E-state index contributed by atoms with van der Waals surface area (Å²) in [5, 5.41) is 12.3. The fourth-order valence-corrected chi connectivity index (χ4v) is 1.53. The van der Waals surface area contributed by atoms with Crippen molar-refractivity contribution in [1.82, 2.24) is 5.32 Å². The Hall–Kier alpha value is -1.09. The third-order valence-corrected chi connectivity index (χ3v) is 2.71. The number of hydrogen-bond acceptors (Lipinski definition) is 2. The number of benzene rings is 1. The van der Waals surface area contributed by atoms with E-state index in [2.05, 4.69) is 5.32 Å². The second-order valence-electron chi connectivity index (χ2n) is 3.79. The summed E-state index contributed by atoms with van der Waals surface area (Å²) in [6, 6.07) is 5.12. The van der Waals surface area contributed by atoms with Crippen LogP contribution in [-0.4, -0.2) is 11.1 Å². The number of phenols is 1. The molecule has 0 aliphatic heterocycles. The normalized spacial score (nSPS) is 16.6. The summed E-state index contributed by atoms with van der Waals surface area (Å²) in [4.78, 5) is 0. The van der Waals surface area contributed by atoms with Crippen LogP contribution in [0.3, 0.4) is 0 Å². The van der Waals surface area contributed by atoms with E-state index in [4.69, 9.17) is 5.11 Å². The zero-order chi connectivity index (χ0) is 9.97. The minimum atomic E-state index is -0.544. The van der Waals surface area contributed by atoms with Crippen LogP contribution in [0.5, 0.6) is 5.75 Å².